The Morgan fingerprint density at radius 2 is 1.87 bits per heavy atom. The molecule has 0 aliphatic rings. The molecule has 0 saturated carbocycles. The van der Waals surface area contributed by atoms with Crippen LogP contribution in [0.4, 0.5) is 0 Å². The number of rotatable bonds is 9. The van der Waals surface area contributed by atoms with Gasteiger partial charge in [-0.05, 0) is 66.6 Å². The lowest BCUT2D eigenvalue weighted by Crippen LogP contribution is -2.31. The van der Waals surface area contributed by atoms with Gasteiger partial charge in [0.2, 0.25) is 5.91 Å². The molecule has 3 aromatic rings. The van der Waals surface area contributed by atoms with Crippen molar-refractivity contribution in [2.45, 2.75) is 32.2 Å². The second-order valence-corrected chi connectivity index (χ2v) is 7.92. The maximum atomic E-state index is 12.3. The largest absolute Gasteiger partial charge is 0.350 e. The molecule has 0 aliphatic heterocycles. The molecule has 1 N–H and O–H groups in total. The zero-order valence-electron chi connectivity index (χ0n) is 17.7. The summed E-state index contributed by atoms with van der Waals surface area (Å²) in [7, 11) is 0. The van der Waals surface area contributed by atoms with Crippen LogP contribution in [-0.2, 0) is 11.2 Å². The van der Waals surface area contributed by atoms with Crippen molar-refractivity contribution in [3.05, 3.63) is 119 Å². The maximum absolute atomic E-state index is 12.3. The summed E-state index contributed by atoms with van der Waals surface area (Å²) in [5, 5.41) is 3.72. The van der Waals surface area contributed by atoms with E-state index in [-0.39, 0.29) is 11.9 Å². The van der Waals surface area contributed by atoms with Gasteiger partial charge in [0.25, 0.3) is 0 Å². The highest BCUT2D eigenvalue weighted by Crippen LogP contribution is 2.25. The summed E-state index contributed by atoms with van der Waals surface area (Å²) in [5.74, 6) is -0.0939. The van der Waals surface area contributed by atoms with Crippen molar-refractivity contribution in [3.63, 3.8) is 0 Å². The minimum atomic E-state index is -0.0939. The molecule has 1 heterocycles. The van der Waals surface area contributed by atoms with Crippen LogP contribution in [0.1, 0.15) is 36.5 Å². The number of benzene rings is 2. The predicted molar refractivity (Wildman–Crippen MR) is 129 cm³/mol. The van der Waals surface area contributed by atoms with E-state index in [2.05, 4.69) is 16.4 Å². The number of aromatic nitrogens is 1. The fourth-order valence-corrected chi connectivity index (χ4v) is 3.58. The Labute approximate surface area is 189 Å². The van der Waals surface area contributed by atoms with Crippen LogP contribution in [0.3, 0.4) is 0 Å². The summed E-state index contributed by atoms with van der Waals surface area (Å²) in [6.45, 7) is 2.03. The lowest BCUT2D eigenvalue weighted by molar-refractivity contribution is -0.117. The van der Waals surface area contributed by atoms with Gasteiger partial charge in [-0.3, -0.25) is 9.78 Å². The average Bonchev–Trinajstić information content (AvgIpc) is 2.78. The number of aryl methyl sites for hydroxylation is 1. The van der Waals surface area contributed by atoms with Crippen molar-refractivity contribution in [1.29, 1.82) is 0 Å². The van der Waals surface area contributed by atoms with Gasteiger partial charge in [0.15, 0.2) is 0 Å². The van der Waals surface area contributed by atoms with Crippen LogP contribution in [-0.4, -0.2) is 16.9 Å². The zero-order valence-corrected chi connectivity index (χ0v) is 18.4. The van der Waals surface area contributed by atoms with Gasteiger partial charge in [-0.2, -0.15) is 0 Å². The Morgan fingerprint density at radius 3 is 2.61 bits per heavy atom. The normalized spacial score (nSPS) is 12.6. The van der Waals surface area contributed by atoms with Crippen molar-refractivity contribution in [2.75, 3.05) is 0 Å². The molecule has 0 bridgehead atoms. The van der Waals surface area contributed by atoms with E-state index >= 15 is 0 Å². The second kappa shape index (κ2) is 11.9. The van der Waals surface area contributed by atoms with Crippen LogP contribution in [0.25, 0.3) is 5.57 Å². The second-order valence-electron chi connectivity index (χ2n) is 7.48. The molecule has 1 aromatic heterocycles. The highest BCUT2D eigenvalue weighted by atomic mass is 35.5. The van der Waals surface area contributed by atoms with E-state index < -0.39 is 0 Å². The fraction of sp³-hybridized carbons (Fsp3) is 0.185. The molecule has 1 amide bonds. The number of pyridine rings is 1. The topological polar surface area (TPSA) is 42.0 Å². The molecule has 0 radical (unpaired) electrons. The average molecular weight is 431 g/mol. The number of amides is 1. The lowest BCUT2D eigenvalue weighted by Gasteiger charge is -2.12. The van der Waals surface area contributed by atoms with Crippen LogP contribution in [0.5, 0.6) is 0 Å². The molecule has 0 aliphatic carbocycles. The van der Waals surface area contributed by atoms with Crippen LogP contribution >= 0.6 is 11.6 Å². The van der Waals surface area contributed by atoms with Crippen LogP contribution in [0.15, 0.2) is 97.4 Å². The Kier molecular flexibility index (Phi) is 8.62. The van der Waals surface area contributed by atoms with E-state index in [1.54, 1.807) is 18.3 Å². The van der Waals surface area contributed by atoms with E-state index in [4.69, 9.17) is 11.6 Å². The van der Waals surface area contributed by atoms with Crippen LogP contribution in [0, 0.1) is 0 Å². The van der Waals surface area contributed by atoms with Crippen molar-refractivity contribution in [1.82, 2.24) is 10.3 Å². The molecule has 0 fully saturated rings. The van der Waals surface area contributed by atoms with E-state index in [0.717, 1.165) is 36.0 Å². The Morgan fingerprint density at radius 1 is 1.06 bits per heavy atom. The fourth-order valence-electron chi connectivity index (χ4n) is 3.39. The quantitative estimate of drug-likeness (QED) is 0.322. The maximum Gasteiger partial charge on any atom is 0.244 e. The van der Waals surface area contributed by atoms with E-state index in [0.29, 0.717) is 5.02 Å². The Bertz CT molecular complexity index is 1030. The van der Waals surface area contributed by atoms with Crippen molar-refractivity contribution < 1.29 is 4.79 Å². The Balaban J connectivity index is 1.59. The van der Waals surface area contributed by atoms with Gasteiger partial charge in [-0.1, -0.05) is 72.3 Å². The standard InChI is InChI=1S/C27H27ClN2O/c1-21(9-5-10-22-11-8-18-29-20-22)30-27(31)17-7-16-26(23-12-3-2-4-13-23)24-14-6-15-25(28)19-24/h2-4,6-8,11-21H,5,9-10H2,1H3,(H,30,31)/t21-/m1/s1. The van der Waals surface area contributed by atoms with Gasteiger partial charge in [0, 0.05) is 29.5 Å². The molecule has 31 heavy (non-hydrogen) atoms. The van der Waals surface area contributed by atoms with E-state index in [1.165, 1.54) is 5.56 Å². The highest BCUT2D eigenvalue weighted by molar-refractivity contribution is 6.30. The van der Waals surface area contributed by atoms with Gasteiger partial charge in [-0.25, -0.2) is 0 Å². The molecule has 3 nitrogen and oxygen atoms in total. The third kappa shape index (κ3) is 7.54. The van der Waals surface area contributed by atoms with Gasteiger partial charge in [0.1, 0.15) is 0 Å². The van der Waals surface area contributed by atoms with Crippen molar-refractivity contribution >= 4 is 23.1 Å². The summed E-state index contributed by atoms with van der Waals surface area (Å²) in [6, 6.07) is 21.9. The molecule has 0 unspecified atom stereocenters. The van der Waals surface area contributed by atoms with Crippen molar-refractivity contribution in [2.24, 2.45) is 0 Å². The predicted octanol–water partition coefficient (Wildman–Crippen LogP) is 6.25. The summed E-state index contributed by atoms with van der Waals surface area (Å²) < 4.78 is 0. The molecule has 0 saturated heterocycles. The molecule has 158 valence electrons. The number of halogens is 1. The third-order valence-electron chi connectivity index (χ3n) is 4.94. The highest BCUT2D eigenvalue weighted by Gasteiger charge is 2.06. The number of carbonyl (C=O) groups excluding carboxylic acids is 1. The third-order valence-corrected chi connectivity index (χ3v) is 5.18. The van der Waals surface area contributed by atoms with Gasteiger partial charge in [0.05, 0.1) is 0 Å². The smallest absolute Gasteiger partial charge is 0.244 e. The van der Waals surface area contributed by atoms with E-state index in [1.807, 2.05) is 79.9 Å². The lowest BCUT2D eigenvalue weighted by atomic mass is 9.97. The first-order chi connectivity index (χ1) is 15.1. The molecule has 2 aromatic carbocycles. The van der Waals surface area contributed by atoms with Gasteiger partial charge < -0.3 is 5.32 Å². The van der Waals surface area contributed by atoms with Gasteiger partial charge >= 0.3 is 0 Å². The number of nitrogens with one attached hydrogen (secondary N) is 1. The van der Waals surface area contributed by atoms with Crippen LogP contribution in [0.2, 0.25) is 5.02 Å². The summed E-state index contributed by atoms with van der Waals surface area (Å²) in [6.07, 6.45) is 11.9. The molecule has 3 rings (SSSR count). The van der Waals surface area contributed by atoms with Crippen LogP contribution < -0.4 is 5.32 Å². The number of allylic oxidation sites excluding steroid dienone is 2. The first-order valence-corrected chi connectivity index (χ1v) is 10.9. The van der Waals surface area contributed by atoms with E-state index in [9.17, 15) is 4.79 Å². The van der Waals surface area contributed by atoms with Gasteiger partial charge in [-0.15, -0.1) is 0 Å². The zero-order chi connectivity index (χ0) is 21.9. The number of carbonyl (C=O) groups is 1. The SMILES string of the molecule is C[C@H](CCCc1cccnc1)NC(=O)C=CC=C(c1ccccc1)c1cccc(Cl)c1. The monoisotopic (exact) mass is 430 g/mol. The molecule has 0 spiro atoms. The summed E-state index contributed by atoms with van der Waals surface area (Å²) in [4.78, 5) is 16.5. The summed E-state index contributed by atoms with van der Waals surface area (Å²) >= 11 is 6.19. The number of hydrogen-bond donors (Lipinski definition) is 1. The Hall–Kier alpha value is -3.17. The first kappa shape index (κ1) is 22.5. The molecule has 4 heteroatoms. The molecular formula is C27H27ClN2O. The molecule has 1 atom stereocenters. The minimum Gasteiger partial charge on any atom is -0.350 e. The summed E-state index contributed by atoms with van der Waals surface area (Å²) in [5.41, 5.74) is 4.31. The molecular weight excluding hydrogens is 404 g/mol. The first-order valence-electron chi connectivity index (χ1n) is 10.5. The minimum absolute atomic E-state index is 0.0939. The number of nitrogens with zero attached hydrogens (tertiary/aromatic N) is 1. The van der Waals surface area contributed by atoms with Crippen molar-refractivity contribution in [3.8, 4) is 0 Å². The number of hydrogen-bond acceptors (Lipinski definition) is 2.